The van der Waals surface area contributed by atoms with Gasteiger partial charge in [-0.15, -0.1) is 0 Å². The van der Waals surface area contributed by atoms with Crippen LogP contribution >= 0.6 is 0 Å². The smallest absolute Gasteiger partial charge is 0.341 e. The van der Waals surface area contributed by atoms with Gasteiger partial charge in [0.2, 0.25) is 11.6 Å². The molecule has 0 N–H and O–H groups in total. The van der Waals surface area contributed by atoms with Crippen molar-refractivity contribution in [3.8, 4) is 0 Å². The Labute approximate surface area is 161 Å². The van der Waals surface area contributed by atoms with Gasteiger partial charge in [0.05, 0.1) is 11.0 Å². The van der Waals surface area contributed by atoms with Crippen LogP contribution in [-0.2, 0) is 11.0 Å². The maximum absolute atomic E-state index is 13.4. The molecule has 28 heavy (non-hydrogen) atoms. The van der Waals surface area contributed by atoms with Crippen molar-refractivity contribution in [2.45, 2.75) is 58.7 Å². The lowest BCUT2D eigenvalue weighted by atomic mass is 10.1. The summed E-state index contributed by atoms with van der Waals surface area (Å²) in [6, 6.07) is 2.11. The Kier molecular flexibility index (Phi) is 5.50. The Hall–Kier alpha value is -2.38. The van der Waals surface area contributed by atoms with E-state index in [9.17, 15) is 22.8 Å². The highest BCUT2D eigenvalue weighted by Gasteiger charge is 2.38. The van der Waals surface area contributed by atoms with Gasteiger partial charge < -0.3 is 4.90 Å². The number of amides is 1. The van der Waals surface area contributed by atoms with Crippen LogP contribution in [0.5, 0.6) is 0 Å². The van der Waals surface area contributed by atoms with Crippen molar-refractivity contribution in [3.63, 3.8) is 0 Å². The van der Waals surface area contributed by atoms with Crippen molar-refractivity contribution < 1.29 is 18.0 Å². The summed E-state index contributed by atoms with van der Waals surface area (Å²) in [6.07, 6.45) is -1.13. The third-order valence-corrected chi connectivity index (χ3v) is 5.43. The quantitative estimate of drug-likeness (QED) is 0.773. The Morgan fingerprint density at radius 1 is 1.07 bits per heavy atom. The summed E-state index contributed by atoms with van der Waals surface area (Å²) in [6.45, 7) is 6.19. The molecule has 8 heteroatoms. The topological polar surface area (TPSA) is 55.2 Å². The molecule has 1 aromatic carbocycles. The zero-order chi connectivity index (χ0) is 20.6. The molecule has 1 amide bonds. The third kappa shape index (κ3) is 3.77. The zero-order valence-electron chi connectivity index (χ0n) is 16.3. The summed E-state index contributed by atoms with van der Waals surface area (Å²) < 4.78 is 41.3. The standard InChI is InChI=1S/C20H24F3N3O2/c1-12-10-15-16(11-13(12)2)26(19(28)17(24-15)20(21,22)23)14(3)18(27)25-8-6-4-5-7-9-25/h10-11,14H,4-9H2,1-3H3/t14-/m1/s1. The van der Waals surface area contributed by atoms with Crippen LogP contribution in [0.3, 0.4) is 0 Å². The lowest BCUT2D eigenvalue weighted by molar-refractivity contribution is -0.143. The SMILES string of the molecule is Cc1cc2nc(C(F)(F)F)c(=O)n([C@H](C)C(=O)N3CCCCCC3)c2cc1C. The second-order valence-electron chi connectivity index (χ2n) is 7.47. The lowest BCUT2D eigenvalue weighted by Crippen LogP contribution is -2.41. The molecule has 1 saturated heterocycles. The summed E-state index contributed by atoms with van der Waals surface area (Å²) in [5, 5.41) is 0. The van der Waals surface area contributed by atoms with Gasteiger partial charge >= 0.3 is 6.18 Å². The summed E-state index contributed by atoms with van der Waals surface area (Å²) >= 11 is 0. The number of hydrogen-bond donors (Lipinski definition) is 0. The monoisotopic (exact) mass is 395 g/mol. The van der Waals surface area contributed by atoms with E-state index >= 15 is 0 Å². The van der Waals surface area contributed by atoms with Gasteiger partial charge in [0.25, 0.3) is 5.56 Å². The van der Waals surface area contributed by atoms with Gasteiger partial charge in [0.1, 0.15) is 6.04 Å². The predicted octanol–water partition coefficient (Wildman–Crippen LogP) is 4.00. The predicted molar refractivity (Wildman–Crippen MR) is 100 cm³/mol. The van der Waals surface area contributed by atoms with E-state index in [0.717, 1.165) is 41.4 Å². The molecular weight excluding hydrogens is 371 g/mol. The van der Waals surface area contributed by atoms with Crippen molar-refractivity contribution >= 4 is 16.9 Å². The Bertz CT molecular complexity index is 958. The van der Waals surface area contributed by atoms with Crippen molar-refractivity contribution in [1.82, 2.24) is 14.5 Å². The number of carbonyl (C=O) groups is 1. The lowest BCUT2D eigenvalue weighted by Gasteiger charge is -2.26. The molecule has 2 aromatic rings. The molecule has 5 nitrogen and oxygen atoms in total. The van der Waals surface area contributed by atoms with E-state index in [1.807, 2.05) is 6.92 Å². The Morgan fingerprint density at radius 3 is 2.21 bits per heavy atom. The van der Waals surface area contributed by atoms with E-state index in [1.54, 1.807) is 17.9 Å². The summed E-state index contributed by atoms with van der Waals surface area (Å²) in [5.74, 6) is -0.331. The first kappa shape index (κ1) is 20.4. The van der Waals surface area contributed by atoms with E-state index in [4.69, 9.17) is 0 Å². The number of halogens is 3. The molecule has 0 saturated carbocycles. The van der Waals surface area contributed by atoms with Gasteiger partial charge in [-0.2, -0.15) is 13.2 Å². The van der Waals surface area contributed by atoms with Crippen LogP contribution in [0.25, 0.3) is 11.0 Å². The summed E-state index contributed by atoms with van der Waals surface area (Å²) in [7, 11) is 0. The minimum absolute atomic E-state index is 0.0607. The second kappa shape index (κ2) is 7.56. The molecule has 1 aliphatic rings. The molecule has 0 bridgehead atoms. The van der Waals surface area contributed by atoms with E-state index in [0.29, 0.717) is 13.1 Å². The number of likely N-dealkylation sites (tertiary alicyclic amines) is 1. The third-order valence-electron chi connectivity index (χ3n) is 5.43. The number of alkyl halides is 3. The molecule has 152 valence electrons. The van der Waals surface area contributed by atoms with E-state index in [1.165, 1.54) is 13.0 Å². The molecule has 3 rings (SSSR count). The molecular formula is C20H24F3N3O2. The van der Waals surface area contributed by atoms with Crippen molar-refractivity contribution in [1.29, 1.82) is 0 Å². The average molecular weight is 395 g/mol. The first-order chi connectivity index (χ1) is 13.1. The number of fused-ring (bicyclic) bond motifs is 1. The van der Waals surface area contributed by atoms with Crippen LogP contribution in [0.15, 0.2) is 16.9 Å². The Morgan fingerprint density at radius 2 is 1.64 bits per heavy atom. The number of hydrogen-bond acceptors (Lipinski definition) is 3. The maximum atomic E-state index is 13.4. The van der Waals surface area contributed by atoms with E-state index in [2.05, 4.69) is 4.98 Å². The zero-order valence-corrected chi connectivity index (χ0v) is 16.3. The molecule has 0 radical (unpaired) electrons. The molecule has 0 unspecified atom stereocenters. The first-order valence-corrected chi connectivity index (χ1v) is 9.50. The van der Waals surface area contributed by atoms with Crippen LogP contribution in [0.4, 0.5) is 13.2 Å². The molecule has 0 spiro atoms. The summed E-state index contributed by atoms with van der Waals surface area (Å²) in [4.78, 5) is 31.0. The summed E-state index contributed by atoms with van der Waals surface area (Å²) in [5.41, 5.74) is -0.874. The van der Waals surface area contributed by atoms with Crippen LogP contribution in [0, 0.1) is 13.8 Å². The number of aromatic nitrogens is 2. The van der Waals surface area contributed by atoms with Gasteiger partial charge in [0.15, 0.2) is 0 Å². The van der Waals surface area contributed by atoms with Gasteiger partial charge in [-0.05, 0) is 56.9 Å². The van der Waals surface area contributed by atoms with Crippen LogP contribution < -0.4 is 5.56 Å². The van der Waals surface area contributed by atoms with Crippen LogP contribution in [-0.4, -0.2) is 33.4 Å². The van der Waals surface area contributed by atoms with Crippen molar-refractivity contribution in [2.75, 3.05) is 13.1 Å². The minimum atomic E-state index is -4.89. The molecule has 1 atom stereocenters. The van der Waals surface area contributed by atoms with Gasteiger partial charge in [0, 0.05) is 13.1 Å². The van der Waals surface area contributed by atoms with Crippen LogP contribution in [0.1, 0.15) is 55.5 Å². The number of carbonyl (C=O) groups excluding carboxylic acids is 1. The maximum Gasteiger partial charge on any atom is 0.438 e. The fourth-order valence-corrected chi connectivity index (χ4v) is 3.69. The fourth-order valence-electron chi connectivity index (χ4n) is 3.69. The number of benzene rings is 1. The highest BCUT2D eigenvalue weighted by molar-refractivity contribution is 5.84. The number of nitrogens with zero attached hydrogens (tertiary/aromatic N) is 3. The van der Waals surface area contributed by atoms with Crippen molar-refractivity contribution in [2.24, 2.45) is 0 Å². The van der Waals surface area contributed by atoms with Crippen LogP contribution in [0.2, 0.25) is 0 Å². The Balaban J connectivity index is 2.19. The highest BCUT2D eigenvalue weighted by atomic mass is 19.4. The number of rotatable bonds is 2. The highest BCUT2D eigenvalue weighted by Crippen LogP contribution is 2.29. The number of aryl methyl sites for hydroxylation is 2. The van der Waals surface area contributed by atoms with Crippen molar-refractivity contribution in [3.05, 3.63) is 39.3 Å². The van der Waals surface area contributed by atoms with Gasteiger partial charge in [-0.3, -0.25) is 14.2 Å². The molecule has 1 aromatic heterocycles. The molecule has 2 heterocycles. The normalized spacial score (nSPS) is 16.9. The minimum Gasteiger partial charge on any atom is -0.341 e. The first-order valence-electron chi connectivity index (χ1n) is 9.50. The molecule has 1 aliphatic heterocycles. The average Bonchev–Trinajstić information content (AvgIpc) is 2.90. The van der Waals surface area contributed by atoms with E-state index in [-0.39, 0.29) is 16.9 Å². The molecule has 0 aliphatic carbocycles. The largest absolute Gasteiger partial charge is 0.438 e. The fraction of sp³-hybridized carbons (Fsp3) is 0.550. The molecule has 1 fully saturated rings. The van der Waals surface area contributed by atoms with Gasteiger partial charge in [-0.1, -0.05) is 12.8 Å². The second-order valence-corrected chi connectivity index (χ2v) is 7.47. The van der Waals surface area contributed by atoms with E-state index < -0.39 is 23.5 Å². The van der Waals surface area contributed by atoms with Gasteiger partial charge in [-0.25, -0.2) is 4.98 Å².